The van der Waals surface area contributed by atoms with Crippen molar-refractivity contribution >= 4 is 15.8 Å². The third-order valence-electron chi connectivity index (χ3n) is 5.18. The minimum atomic E-state index is -2.85. The second-order valence-electron chi connectivity index (χ2n) is 7.52. The van der Waals surface area contributed by atoms with Crippen molar-refractivity contribution in [3.8, 4) is 0 Å². The second-order valence-corrected chi connectivity index (χ2v) is 9.75. The Bertz CT molecular complexity index is 560. The van der Waals surface area contributed by atoms with Crippen molar-refractivity contribution in [2.24, 2.45) is 10.9 Å². The molecule has 144 valence electrons. The van der Waals surface area contributed by atoms with Gasteiger partial charge in [-0.15, -0.1) is 0 Å². The largest absolute Gasteiger partial charge is 0.378 e. The highest BCUT2D eigenvalue weighted by Crippen LogP contribution is 2.19. The lowest BCUT2D eigenvalue weighted by molar-refractivity contribution is 0.0164. The van der Waals surface area contributed by atoms with Gasteiger partial charge in [0.15, 0.2) is 15.8 Å². The van der Waals surface area contributed by atoms with Gasteiger partial charge >= 0.3 is 0 Å². The van der Waals surface area contributed by atoms with Crippen molar-refractivity contribution in [1.82, 2.24) is 10.6 Å². The van der Waals surface area contributed by atoms with Gasteiger partial charge in [0.2, 0.25) is 0 Å². The van der Waals surface area contributed by atoms with E-state index in [4.69, 9.17) is 9.47 Å². The van der Waals surface area contributed by atoms with E-state index in [0.29, 0.717) is 18.3 Å². The molecular weight excluding hydrogens is 342 g/mol. The number of ether oxygens (including phenoxy) is 2. The third-order valence-corrected chi connectivity index (χ3v) is 7.02. The summed E-state index contributed by atoms with van der Waals surface area (Å²) in [5.41, 5.74) is 0. The highest BCUT2D eigenvalue weighted by atomic mass is 32.2. The molecule has 3 heterocycles. The van der Waals surface area contributed by atoms with E-state index in [2.05, 4.69) is 22.5 Å². The molecule has 3 aliphatic rings. The zero-order valence-corrected chi connectivity index (χ0v) is 15.9. The Kier molecular flexibility index (Phi) is 6.57. The van der Waals surface area contributed by atoms with E-state index in [1.165, 1.54) is 0 Å². The van der Waals surface area contributed by atoms with Gasteiger partial charge in [0.1, 0.15) is 0 Å². The molecule has 25 heavy (non-hydrogen) atoms. The van der Waals surface area contributed by atoms with Gasteiger partial charge in [-0.2, -0.15) is 0 Å². The Hall–Kier alpha value is -0.860. The fraction of sp³-hybridized carbons (Fsp3) is 0.941. The van der Waals surface area contributed by atoms with Crippen molar-refractivity contribution < 1.29 is 17.9 Å². The Morgan fingerprint density at radius 3 is 2.76 bits per heavy atom. The average Bonchev–Trinajstić information content (AvgIpc) is 3.19. The number of hydrogen-bond acceptors (Lipinski definition) is 5. The van der Waals surface area contributed by atoms with E-state index in [9.17, 15) is 8.42 Å². The van der Waals surface area contributed by atoms with Crippen LogP contribution in [0.15, 0.2) is 4.99 Å². The van der Waals surface area contributed by atoms with E-state index in [-0.39, 0.29) is 23.9 Å². The van der Waals surface area contributed by atoms with Crippen molar-refractivity contribution in [2.75, 3.05) is 37.8 Å². The fourth-order valence-electron chi connectivity index (χ4n) is 3.73. The van der Waals surface area contributed by atoms with Crippen LogP contribution in [0.5, 0.6) is 0 Å². The third kappa shape index (κ3) is 6.11. The maximum absolute atomic E-state index is 11.6. The second kappa shape index (κ2) is 8.68. The molecule has 2 N–H and O–H groups in total. The first kappa shape index (κ1) is 18.9. The summed E-state index contributed by atoms with van der Waals surface area (Å²) >= 11 is 0. The minimum Gasteiger partial charge on any atom is -0.378 e. The molecular formula is C17H31N3O4S. The van der Waals surface area contributed by atoms with Crippen molar-refractivity contribution in [2.45, 2.75) is 57.3 Å². The Morgan fingerprint density at radius 2 is 2.08 bits per heavy atom. The topological polar surface area (TPSA) is 89.0 Å². The predicted octanol–water partition coefficient (Wildman–Crippen LogP) is 0.703. The number of nitrogens with zero attached hydrogens (tertiary/aromatic N) is 1. The highest BCUT2D eigenvalue weighted by molar-refractivity contribution is 7.91. The van der Waals surface area contributed by atoms with Crippen molar-refractivity contribution in [1.29, 1.82) is 0 Å². The van der Waals surface area contributed by atoms with Crippen LogP contribution in [-0.4, -0.2) is 70.4 Å². The smallest absolute Gasteiger partial charge is 0.191 e. The van der Waals surface area contributed by atoms with E-state index in [1.807, 2.05) is 0 Å². The summed E-state index contributed by atoms with van der Waals surface area (Å²) in [5, 5.41) is 6.90. The normalized spacial score (nSPS) is 35.6. The van der Waals surface area contributed by atoms with Gasteiger partial charge in [0.25, 0.3) is 0 Å². The van der Waals surface area contributed by atoms with Gasteiger partial charge < -0.3 is 20.1 Å². The van der Waals surface area contributed by atoms with Crippen LogP contribution in [0.1, 0.15) is 39.0 Å². The quantitative estimate of drug-likeness (QED) is 0.545. The molecule has 3 aliphatic heterocycles. The van der Waals surface area contributed by atoms with Crippen LogP contribution in [0.25, 0.3) is 0 Å². The molecule has 0 spiro atoms. The highest BCUT2D eigenvalue weighted by Gasteiger charge is 2.28. The Labute approximate surface area is 150 Å². The molecule has 0 aromatic heterocycles. The number of nitrogens with one attached hydrogen (secondary N) is 2. The molecule has 3 rings (SSSR count). The lowest BCUT2D eigenvalue weighted by Crippen LogP contribution is -2.48. The predicted molar refractivity (Wildman–Crippen MR) is 97.6 cm³/mol. The summed E-state index contributed by atoms with van der Waals surface area (Å²) in [6, 6.07) is 0.340. The van der Waals surface area contributed by atoms with Crippen LogP contribution < -0.4 is 10.6 Å². The van der Waals surface area contributed by atoms with E-state index < -0.39 is 9.84 Å². The van der Waals surface area contributed by atoms with Gasteiger partial charge in [-0.1, -0.05) is 0 Å². The monoisotopic (exact) mass is 373 g/mol. The van der Waals surface area contributed by atoms with E-state index >= 15 is 0 Å². The lowest BCUT2D eigenvalue weighted by Gasteiger charge is -2.29. The summed E-state index contributed by atoms with van der Waals surface area (Å²) in [5.74, 6) is 1.49. The van der Waals surface area contributed by atoms with E-state index in [1.54, 1.807) is 0 Å². The molecule has 8 heteroatoms. The summed E-state index contributed by atoms with van der Waals surface area (Å²) in [6.45, 7) is 4.99. The van der Waals surface area contributed by atoms with Crippen molar-refractivity contribution in [3.63, 3.8) is 0 Å². The summed E-state index contributed by atoms with van der Waals surface area (Å²) in [6.07, 6.45) is 5.33. The first-order valence-corrected chi connectivity index (χ1v) is 11.3. The molecule has 0 radical (unpaired) electrons. The van der Waals surface area contributed by atoms with Crippen LogP contribution in [0, 0.1) is 5.92 Å². The Morgan fingerprint density at radius 1 is 1.20 bits per heavy atom. The molecule has 7 nitrogen and oxygen atoms in total. The number of aliphatic imine (C=N–C) groups is 1. The van der Waals surface area contributed by atoms with Gasteiger partial charge in [0, 0.05) is 32.3 Å². The molecule has 0 bridgehead atoms. The van der Waals surface area contributed by atoms with Gasteiger partial charge in [-0.25, -0.2) is 8.42 Å². The minimum absolute atomic E-state index is 0.139. The number of guanidine groups is 1. The van der Waals surface area contributed by atoms with Crippen LogP contribution in [0.2, 0.25) is 0 Å². The van der Waals surface area contributed by atoms with Gasteiger partial charge in [0.05, 0.1) is 23.7 Å². The molecule has 0 amide bonds. The molecule has 3 saturated heterocycles. The first-order valence-electron chi connectivity index (χ1n) is 9.48. The molecule has 0 aromatic rings. The summed E-state index contributed by atoms with van der Waals surface area (Å²) < 4.78 is 34.5. The first-order chi connectivity index (χ1) is 12.0. The summed E-state index contributed by atoms with van der Waals surface area (Å²) in [4.78, 5) is 4.68. The molecule has 4 unspecified atom stereocenters. The number of sulfone groups is 1. The molecule has 0 saturated carbocycles. The molecule has 4 atom stereocenters. The molecule has 0 aromatic carbocycles. The van der Waals surface area contributed by atoms with Crippen LogP contribution in [0.3, 0.4) is 0 Å². The summed E-state index contributed by atoms with van der Waals surface area (Å²) in [7, 11) is -2.85. The van der Waals surface area contributed by atoms with Crippen molar-refractivity contribution in [3.05, 3.63) is 0 Å². The lowest BCUT2D eigenvalue weighted by atomic mass is 10.0. The maximum atomic E-state index is 11.6. The molecule has 3 fully saturated rings. The Balaban J connectivity index is 1.55. The van der Waals surface area contributed by atoms with Gasteiger partial charge in [-0.3, -0.25) is 4.99 Å². The van der Waals surface area contributed by atoms with Crippen LogP contribution in [-0.2, 0) is 19.3 Å². The van der Waals surface area contributed by atoms with E-state index in [0.717, 1.165) is 57.8 Å². The average molecular weight is 374 g/mol. The molecule has 0 aliphatic carbocycles. The number of rotatable bonds is 5. The van der Waals surface area contributed by atoms with Crippen LogP contribution >= 0.6 is 0 Å². The SMILES string of the molecule is CC1CC(NC(=NCC2CCS(=O)(=O)C2)NCC2CCCO2)CCO1. The van der Waals surface area contributed by atoms with Crippen LogP contribution in [0.4, 0.5) is 0 Å². The maximum Gasteiger partial charge on any atom is 0.191 e. The zero-order valence-electron chi connectivity index (χ0n) is 15.1. The fourth-order valence-corrected chi connectivity index (χ4v) is 5.58. The standard InChI is InChI=1S/C17H31N3O4S/c1-13-9-15(4-7-23-13)20-17(19-11-16-3-2-6-24-16)18-10-14-5-8-25(21,22)12-14/h13-16H,2-12H2,1H3,(H2,18,19,20). The zero-order chi connectivity index (χ0) is 17.7. The van der Waals surface area contributed by atoms with Gasteiger partial charge in [-0.05, 0) is 44.9 Å². The number of hydrogen-bond donors (Lipinski definition) is 2.